The maximum atomic E-state index is 12.2. The lowest BCUT2D eigenvalue weighted by Gasteiger charge is -2.26. The van der Waals surface area contributed by atoms with Crippen LogP contribution < -0.4 is 5.32 Å². The van der Waals surface area contributed by atoms with Crippen molar-refractivity contribution < 1.29 is 14.7 Å². The van der Waals surface area contributed by atoms with Crippen molar-refractivity contribution in [1.82, 2.24) is 5.32 Å². The van der Waals surface area contributed by atoms with Gasteiger partial charge < -0.3 is 10.4 Å². The zero-order valence-corrected chi connectivity index (χ0v) is 13.5. The molecule has 0 spiro atoms. The van der Waals surface area contributed by atoms with Gasteiger partial charge in [0.05, 0.1) is 4.88 Å². The second-order valence-corrected chi connectivity index (χ2v) is 7.46. The summed E-state index contributed by atoms with van der Waals surface area (Å²) in [6.45, 7) is 0.153. The second kappa shape index (κ2) is 6.92. The van der Waals surface area contributed by atoms with E-state index in [2.05, 4.69) is 5.32 Å². The SMILES string of the molecule is O=C(CCC(=O)c1cccs1)NC(C1CC1)C(CO)C1CC1. The van der Waals surface area contributed by atoms with Gasteiger partial charge in [0.2, 0.25) is 5.91 Å². The van der Waals surface area contributed by atoms with E-state index >= 15 is 0 Å². The number of aliphatic hydroxyl groups excluding tert-OH is 1. The number of rotatable bonds is 9. The van der Waals surface area contributed by atoms with Crippen LogP contribution in [-0.4, -0.2) is 29.4 Å². The van der Waals surface area contributed by atoms with E-state index in [-0.39, 0.29) is 43.1 Å². The molecule has 0 aliphatic heterocycles. The predicted octanol–water partition coefficient (Wildman–Crippen LogP) is 2.62. The first-order valence-electron chi connectivity index (χ1n) is 8.16. The molecule has 1 aromatic heterocycles. The topological polar surface area (TPSA) is 66.4 Å². The van der Waals surface area contributed by atoms with E-state index in [9.17, 15) is 14.7 Å². The molecule has 120 valence electrons. The summed E-state index contributed by atoms with van der Waals surface area (Å²) in [5.41, 5.74) is 0. The van der Waals surface area contributed by atoms with E-state index in [0.29, 0.717) is 11.8 Å². The summed E-state index contributed by atoms with van der Waals surface area (Å²) >= 11 is 1.42. The maximum Gasteiger partial charge on any atom is 0.220 e. The Hall–Kier alpha value is -1.20. The van der Waals surface area contributed by atoms with Gasteiger partial charge in [-0.15, -0.1) is 11.3 Å². The molecule has 2 atom stereocenters. The number of aliphatic hydroxyl groups is 1. The minimum absolute atomic E-state index is 0.0361. The first kappa shape index (κ1) is 15.7. The molecule has 1 heterocycles. The Morgan fingerprint density at radius 1 is 1.23 bits per heavy atom. The fraction of sp³-hybridized carbons (Fsp3) is 0.647. The van der Waals surface area contributed by atoms with Gasteiger partial charge in [-0.3, -0.25) is 9.59 Å². The van der Waals surface area contributed by atoms with Gasteiger partial charge >= 0.3 is 0 Å². The molecule has 2 fully saturated rings. The van der Waals surface area contributed by atoms with Crippen molar-refractivity contribution in [3.8, 4) is 0 Å². The standard InChI is InChI=1S/C17H23NO3S/c19-10-13(11-3-4-11)17(12-5-6-12)18-16(21)8-7-14(20)15-2-1-9-22-15/h1-2,9,11-13,17,19H,3-8,10H2,(H,18,21). The number of carbonyl (C=O) groups excluding carboxylic acids is 2. The van der Waals surface area contributed by atoms with Gasteiger partial charge in [0.1, 0.15) is 0 Å². The lowest BCUT2D eigenvalue weighted by Crippen LogP contribution is -2.44. The Morgan fingerprint density at radius 2 is 1.95 bits per heavy atom. The molecule has 2 aliphatic carbocycles. The van der Waals surface area contributed by atoms with Crippen molar-refractivity contribution in [2.24, 2.45) is 17.8 Å². The van der Waals surface area contributed by atoms with E-state index in [1.807, 2.05) is 11.4 Å². The van der Waals surface area contributed by atoms with E-state index < -0.39 is 0 Å². The van der Waals surface area contributed by atoms with Gasteiger partial charge in [-0.1, -0.05) is 6.07 Å². The lowest BCUT2D eigenvalue weighted by atomic mass is 9.91. The number of ketones is 1. The third-order valence-corrected chi connectivity index (χ3v) is 5.64. The van der Waals surface area contributed by atoms with Crippen LogP contribution in [0.4, 0.5) is 0 Å². The molecule has 3 rings (SSSR count). The van der Waals surface area contributed by atoms with E-state index in [1.54, 1.807) is 6.07 Å². The van der Waals surface area contributed by atoms with Crippen molar-refractivity contribution in [2.45, 2.75) is 44.6 Å². The molecular formula is C17H23NO3S. The highest BCUT2D eigenvalue weighted by molar-refractivity contribution is 7.12. The molecule has 5 heteroatoms. The number of hydrogen-bond donors (Lipinski definition) is 2. The highest BCUT2D eigenvalue weighted by Gasteiger charge is 2.43. The van der Waals surface area contributed by atoms with E-state index in [0.717, 1.165) is 17.7 Å². The Kier molecular flexibility index (Phi) is 4.93. The van der Waals surface area contributed by atoms with Gasteiger partial charge in [-0.2, -0.15) is 0 Å². The fourth-order valence-electron chi connectivity index (χ4n) is 3.16. The van der Waals surface area contributed by atoms with Crippen molar-refractivity contribution in [1.29, 1.82) is 0 Å². The maximum absolute atomic E-state index is 12.2. The first-order valence-corrected chi connectivity index (χ1v) is 9.04. The molecule has 2 aliphatic rings. The summed E-state index contributed by atoms with van der Waals surface area (Å²) in [6.07, 6.45) is 5.12. The molecule has 2 saturated carbocycles. The number of carbonyl (C=O) groups is 2. The zero-order chi connectivity index (χ0) is 15.5. The van der Waals surface area contributed by atoms with Gasteiger partial charge in [-0.05, 0) is 49.0 Å². The van der Waals surface area contributed by atoms with Crippen LogP contribution >= 0.6 is 11.3 Å². The average Bonchev–Trinajstić information content (AvgIpc) is 3.44. The van der Waals surface area contributed by atoms with Gasteiger partial charge in [0, 0.05) is 31.4 Å². The Labute approximate surface area is 134 Å². The second-order valence-electron chi connectivity index (χ2n) is 6.52. The summed E-state index contributed by atoms with van der Waals surface area (Å²) in [5, 5.41) is 14.6. The molecule has 1 amide bonds. The number of thiophene rings is 1. The van der Waals surface area contributed by atoms with Crippen LogP contribution in [0.3, 0.4) is 0 Å². The van der Waals surface area contributed by atoms with Gasteiger partial charge in [0.15, 0.2) is 5.78 Å². The van der Waals surface area contributed by atoms with Crippen LogP contribution in [0.25, 0.3) is 0 Å². The van der Waals surface area contributed by atoms with Crippen LogP contribution in [-0.2, 0) is 4.79 Å². The summed E-state index contributed by atoms with van der Waals surface area (Å²) in [4.78, 5) is 24.8. The summed E-state index contributed by atoms with van der Waals surface area (Å²) in [5.74, 6) is 1.28. The predicted molar refractivity (Wildman–Crippen MR) is 85.8 cm³/mol. The van der Waals surface area contributed by atoms with E-state index in [1.165, 1.54) is 24.2 Å². The largest absolute Gasteiger partial charge is 0.396 e. The fourth-order valence-corrected chi connectivity index (χ4v) is 3.85. The average molecular weight is 321 g/mol. The minimum Gasteiger partial charge on any atom is -0.396 e. The summed E-state index contributed by atoms with van der Waals surface area (Å²) < 4.78 is 0. The van der Waals surface area contributed by atoms with Crippen molar-refractivity contribution in [3.63, 3.8) is 0 Å². The minimum atomic E-state index is -0.0547. The van der Waals surface area contributed by atoms with Crippen molar-refractivity contribution >= 4 is 23.0 Å². The molecule has 4 nitrogen and oxygen atoms in total. The quantitative estimate of drug-likeness (QED) is 0.687. The third kappa shape index (κ3) is 3.96. The molecule has 2 unspecified atom stereocenters. The Balaban J connectivity index is 1.49. The molecule has 2 N–H and O–H groups in total. The van der Waals surface area contributed by atoms with E-state index in [4.69, 9.17) is 0 Å². The summed E-state index contributed by atoms with van der Waals surface area (Å²) in [6, 6.07) is 3.75. The molecule has 22 heavy (non-hydrogen) atoms. The van der Waals surface area contributed by atoms with Gasteiger partial charge in [0.25, 0.3) is 0 Å². The smallest absolute Gasteiger partial charge is 0.220 e. The molecule has 0 aromatic carbocycles. The molecule has 1 aromatic rings. The monoisotopic (exact) mass is 321 g/mol. The number of Topliss-reactive ketones (excluding diaryl/α,β-unsaturated/α-hetero) is 1. The third-order valence-electron chi connectivity index (χ3n) is 4.73. The lowest BCUT2D eigenvalue weighted by molar-refractivity contribution is -0.122. The highest BCUT2D eigenvalue weighted by Crippen LogP contribution is 2.45. The normalized spacial score (nSPS) is 20.4. The van der Waals surface area contributed by atoms with Crippen molar-refractivity contribution in [3.05, 3.63) is 22.4 Å². The number of hydrogen-bond acceptors (Lipinski definition) is 4. The Bertz CT molecular complexity index is 520. The van der Waals surface area contributed by atoms with Crippen LogP contribution in [0.15, 0.2) is 17.5 Å². The van der Waals surface area contributed by atoms with Crippen LogP contribution in [0, 0.1) is 17.8 Å². The summed E-state index contributed by atoms with van der Waals surface area (Å²) in [7, 11) is 0. The van der Waals surface area contributed by atoms with Crippen molar-refractivity contribution in [2.75, 3.05) is 6.61 Å². The molecule has 0 bridgehead atoms. The molecular weight excluding hydrogens is 298 g/mol. The van der Waals surface area contributed by atoms with Crippen LogP contribution in [0.1, 0.15) is 48.2 Å². The van der Waals surface area contributed by atoms with Crippen LogP contribution in [0.2, 0.25) is 0 Å². The van der Waals surface area contributed by atoms with Crippen LogP contribution in [0.5, 0.6) is 0 Å². The molecule has 0 radical (unpaired) electrons. The molecule has 0 saturated heterocycles. The Morgan fingerprint density at radius 3 is 2.50 bits per heavy atom. The highest BCUT2D eigenvalue weighted by atomic mass is 32.1. The van der Waals surface area contributed by atoms with Gasteiger partial charge in [-0.25, -0.2) is 0 Å². The number of amides is 1. The first-order chi connectivity index (χ1) is 10.7. The number of nitrogens with one attached hydrogen (secondary N) is 1. The zero-order valence-electron chi connectivity index (χ0n) is 12.7.